The molecule has 0 aromatic carbocycles. The van der Waals surface area contributed by atoms with Crippen LogP contribution in [0.5, 0.6) is 0 Å². The van der Waals surface area contributed by atoms with Gasteiger partial charge in [0.1, 0.15) is 0 Å². The van der Waals surface area contributed by atoms with E-state index in [1.807, 2.05) is 26.0 Å². The standard InChI is InChI=1S/C9H13NO2/c1-7(2)9(11)12-8-5-3-4-6-10-8/h3-5,7,10H,6H2,1-2H3. The molecule has 12 heavy (non-hydrogen) atoms. The van der Waals surface area contributed by atoms with Crippen molar-refractivity contribution < 1.29 is 9.53 Å². The third kappa shape index (κ3) is 2.42. The molecule has 0 aliphatic carbocycles. The van der Waals surface area contributed by atoms with E-state index in [1.54, 1.807) is 6.08 Å². The Morgan fingerprint density at radius 3 is 2.92 bits per heavy atom. The average Bonchev–Trinajstić information content (AvgIpc) is 2.06. The van der Waals surface area contributed by atoms with Crippen LogP contribution in [-0.2, 0) is 9.53 Å². The monoisotopic (exact) mass is 167 g/mol. The molecule has 0 radical (unpaired) electrons. The average molecular weight is 167 g/mol. The minimum Gasteiger partial charge on any atom is -0.410 e. The lowest BCUT2D eigenvalue weighted by atomic mass is 10.2. The van der Waals surface area contributed by atoms with Gasteiger partial charge in [-0.25, -0.2) is 0 Å². The second-order valence-corrected chi connectivity index (χ2v) is 2.92. The van der Waals surface area contributed by atoms with Gasteiger partial charge in [0.05, 0.1) is 5.92 Å². The largest absolute Gasteiger partial charge is 0.410 e. The van der Waals surface area contributed by atoms with Crippen molar-refractivity contribution in [3.05, 3.63) is 24.1 Å². The van der Waals surface area contributed by atoms with Crippen LogP contribution in [0, 0.1) is 5.92 Å². The molecule has 0 atom stereocenters. The highest BCUT2D eigenvalue weighted by molar-refractivity contribution is 5.72. The fourth-order valence-electron chi connectivity index (χ4n) is 0.738. The van der Waals surface area contributed by atoms with Gasteiger partial charge in [0.15, 0.2) is 5.88 Å². The van der Waals surface area contributed by atoms with Crippen molar-refractivity contribution in [2.24, 2.45) is 5.92 Å². The molecule has 1 aliphatic rings. The molecule has 1 aliphatic heterocycles. The molecule has 3 heteroatoms. The number of hydrogen-bond donors (Lipinski definition) is 1. The Bertz CT molecular complexity index is 229. The summed E-state index contributed by atoms with van der Waals surface area (Å²) in [5.74, 6) is 0.249. The molecule has 1 N–H and O–H groups in total. The van der Waals surface area contributed by atoms with E-state index in [4.69, 9.17) is 4.74 Å². The lowest BCUT2D eigenvalue weighted by Crippen LogP contribution is -2.22. The molecule has 0 spiro atoms. The molecule has 66 valence electrons. The summed E-state index contributed by atoms with van der Waals surface area (Å²) in [7, 11) is 0. The fourth-order valence-corrected chi connectivity index (χ4v) is 0.738. The molecule has 0 aromatic rings. The van der Waals surface area contributed by atoms with Gasteiger partial charge in [0.25, 0.3) is 0 Å². The molecule has 0 amide bonds. The van der Waals surface area contributed by atoms with E-state index >= 15 is 0 Å². The molecule has 0 fully saturated rings. The summed E-state index contributed by atoms with van der Waals surface area (Å²) in [6, 6.07) is 0. The minimum atomic E-state index is -0.205. The van der Waals surface area contributed by atoms with Crippen LogP contribution in [0.3, 0.4) is 0 Å². The Hall–Kier alpha value is -1.25. The smallest absolute Gasteiger partial charge is 0.315 e. The van der Waals surface area contributed by atoms with Gasteiger partial charge in [0.2, 0.25) is 0 Å². The second kappa shape index (κ2) is 3.95. The maximum Gasteiger partial charge on any atom is 0.315 e. The van der Waals surface area contributed by atoms with Crippen molar-refractivity contribution >= 4 is 5.97 Å². The fraction of sp³-hybridized carbons (Fsp3) is 0.444. The Labute approximate surface area is 72.1 Å². The van der Waals surface area contributed by atoms with Crippen molar-refractivity contribution in [2.75, 3.05) is 6.54 Å². The van der Waals surface area contributed by atoms with Crippen LogP contribution in [-0.4, -0.2) is 12.5 Å². The molecule has 0 unspecified atom stereocenters. The van der Waals surface area contributed by atoms with Gasteiger partial charge in [-0.3, -0.25) is 4.79 Å². The van der Waals surface area contributed by atoms with E-state index in [-0.39, 0.29) is 11.9 Å². The maximum absolute atomic E-state index is 11.1. The zero-order chi connectivity index (χ0) is 8.97. The first-order chi connectivity index (χ1) is 5.70. The molecular formula is C9H13NO2. The van der Waals surface area contributed by atoms with E-state index in [2.05, 4.69) is 5.32 Å². The van der Waals surface area contributed by atoms with Crippen LogP contribution >= 0.6 is 0 Å². The molecular weight excluding hydrogens is 154 g/mol. The number of ether oxygens (including phenoxy) is 1. The van der Waals surface area contributed by atoms with Crippen LogP contribution in [0.2, 0.25) is 0 Å². The highest BCUT2D eigenvalue weighted by Crippen LogP contribution is 2.03. The highest BCUT2D eigenvalue weighted by atomic mass is 16.5. The van der Waals surface area contributed by atoms with Gasteiger partial charge in [-0.1, -0.05) is 26.0 Å². The van der Waals surface area contributed by atoms with Crippen molar-refractivity contribution in [2.45, 2.75) is 13.8 Å². The summed E-state index contributed by atoms with van der Waals surface area (Å²) in [5, 5.41) is 2.94. The first-order valence-corrected chi connectivity index (χ1v) is 4.02. The van der Waals surface area contributed by atoms with Gasteiger partial charge in [-0.05, 0) is 6.08 Å². The van der Waals surface area contributed by atoms with E-state index < -0.39 is 0 Å². The number of hydrogen-bond acceptors (Lipinski definition) is 3. The van der Waals surface area contributed by atoms with Gasteiger partial charge in [-0.2, -0.15) is 0 Å². The zero-order valence-corrected chi connectivity index (χ0v) is 7.33. The topological polar surface area (TPSA) is 38.3 Å². The predicted molar refractivity (Wildman–Crippen MR) is 46.2 cm³/mol. The number of nitrogens with one attached hydrogen (secondary N) is 1. The third-order valence-electron chi connectivity index (χ3n) is 1.46. The van der Waals surface area contributed by atoms with E-state index in [9.17, 15) is 4.79 Å². The molecule has 3 nitrogen and oxygen atoms in total. The molecule has 0 saturated heterocycles. The van der Waals surface area contributed by atoms with Crippen molar-refractivity contribution in [1.82, 2.24) is 5.32 Å². The van der Waals surface area contributed by atoms with Crippen molar-refractivity contribution in [1.29, 1.82) is 0 Å². The summed E-state index contributed by atoms with van der Waals surface area (Å²) in [4.78, 5) is 11.1. The zero-order valence-electron chi connectivity index (χ0n) is 7.33. The lowest BCUT2D eigenvalue weighted by molar-refractivity contribution is -0.143. The number of carbonyl (C=O) groups is 1. The van der Waals surface area contributed by atoms with Gasteiger partial charge in [0, 0.05) is 6.54 Å². The summed E-state index contributed by atoms with van der Waals surface area (Å²) < 4.78 is 5.01. The number of allylic oxidation sites excluding steroid dienone is 2. The third-order valence-corrected chi connectivity index (χ3v) is 1.46. The van der Waals surface area contributed by atoms with Gasteiger partial charge >= 0.3 is 5.97 Å². The van der Waals surface area contributed by atoms with Crippen LogP contribution in [0.1, 0.15) is 13.8 Å². The normalized spacial score (nSPS) is 15.4. The molecule has 0 aromatic heterocycles. The first-order valence-electron chi connectivity index (χ1n) is 4.02. The summed E-state index contributed by atoms with van der Waals surface area (Å²) in [6.45, 7) is 4.33. The Morgan fingerprint density at radius 1 is 1.67 bits per heavy atom. The van der Waals surface area contributed by atoms with Crippen LogP contribution < -0.4 is 5.32 Å². The number of carbonyl (C=O) groups excluding carboxylic acids is 1. The molecule has 1 heterocycles. The summed E-state index contributed by atoms with van der Waals surface area (Å²) in [5.41, 5.74) is 0. The maximum atomic E-state index is 11.1. The van der Waals surface area contributed by atoms with Crippen molar-refractivity contribution in [3.63, 3.8) is 0 Å². The summed E-state index contributed by atoms with van der Waals surface area (Å²) in [6.07, 6.45) is 5.55. The Balaban J connectivity index is 2.45. The number of rotatable bonds is 2. The number of dihydropyridines is 1. The first kappa shape index (κ1) is 8.84. The SMILES string of the molecule is CC(C)C(=O)OC1=CC=CCN1. The lowest BCUT2D eigenvalue weighted by Gasteiger charge is -2.12. The van der Waals surface area contributed by atoms with E-state index in [1.165, 1.54) is 0 Å². The number of esters is 1. The molecule has 1 rings (SSSR count). The Kier molecular flexibility index (Phi) is 2.91. The molecule has 0 saturated carbocycles. The summed E-state index contributed by atoms with van der Waals surface area (Å²) >= 11 is 0. The highest BCUT2D eigenvalue weighted by Gasteiger charge is 2.11. The van der Waals surface area contributed by atoms with Crippen LogP contribution in [0.25, 0.3) is 0 Å². The molecule has 0 bridgehead atoms. The second-order valence-electron chi connectivity index (χ2n) is 2.92. The van der Waals surface area contributed by atoms with E-state index in [0.717, 1.165) is 6.54 Å². The van der Waals surface area contributed by atoms with Gasteiger partial charge in [-0.15, -0.1) is 0 Å². The minimum absolute atomic E-state index is 0.0846. The predicted octanol–water partition coefficient (Wildman–Crippen LogP) is 1.19. The van der Waals surface area contributed by atoms with Crippen molar-refractivity contribution in [3.8, 4) is 0 Å². The van der Waals surface area contributed by atoms with Crippen LogP contribution in [0.4, 0.5) is 0 Å². The van der Waals surface area contributed by atoms with Gasteiger partial charge < -0.3 is 10.1 Å². The van der Waals surface area contributed by atoms with E-state index in [0.29, 0.717) is 5.88 Å². The quantitative estimate of drug-likeness (QED) is 0.628. The Morgan fingerprint density at radius 2 is 2.42 bits per heavy atom. The van der Waals surface area contributed by atoms with Crippen LogP contribution in [0.15, 0.2) is 24.1 Å².